The average molecular weight is 735 g/mol. The highest BCUT2D eigenvalue weighted by atomic mass is 16.3. The van der Waals surface area contributed by atoms with Crippen molar-refractivity contribution in [1.29, 1.82) is 0 Å². The van der Waals surface area contributed by atoms with Gasteiger partial charge in [0.05, 0.1) is 10.8 Å². The summed E-state index contributed by atoms with van der Waals surface area (Å²) in [4.78, 5) is 14.1. The van der Waals surface area contributed by atoms with E-state index in [9.17, 15) is 4.79 Å². The molecule has 0 amide bonds. The van der Waals surface area contributed by atoms with E-state index in [0.29, 0.717) is 21.9 Å². The highest BCUT2D eigenvalue weighted by molar-refractivity contribution is 6.00. The van der Waals surface area contributed by atoms with Crippen LogP contribution in [0.15, 0.2) is 191 Å². The molecular weight excluding hydrogens is 693 g/mol. The lowest BCUT2D eigenvalue weighted by Crippen LogP contribution is -2.04. The molecule has 9 aromatic rings. The molecule has 0 aliphatic heterocycles. The van der Waals surface area contributed by atoms with Crippen LogP contribution >= 0.6 is 0 Å². The van der Waals surface area contributed by atoms with Crippen LogP contribution in [-0.4, -0.2) is 0 Å². The van der Waals surface area contributed by atoms with Gasteiger partial charge < -0.3 is 4.42 Å². The zero-order chi connectivity index (χ0) is 38.7. The summed E-state index contributed by atoms with van der Waals surface area (Å²) >= 11 is 0. The summed E-state index contributed by atoms with van der Waals surface area (Å²) in [5.41, 5.74) is 17.6. The number of rotatable bonds is 9. The van der Waals surface area contributed by atoms with Gasteiger partial charge in [0, 0.05) is 0 Å². The smallest absolute Gasteiger partial charge is 0.201 e. The van der Waals surface area contributed by atoms with E-state index in [1.54, 1.807) is 0 Å². The van der Waals surface area contributed by atoms with Crippen molar-refractivity contribution < 1.29 is 4.42 Å². The quantitative estimate of drug-likeness (QED) is 0.109. The minimum absolute atomic E-state index is 0.0217. The molecule has 0 saturated carbocycles. The summed E-state index contributed by atoms with van der Waals surface area (Å²) in [5.74, 6) is 0. The van der Waals surface area contributed by atoms with Gasteiger partial charge in [0.15, 0.2) is 0 Å². The van der Waals surface area contributed by atoms with Crippen LogP contribution in [0.2, 0.25) is 0 Å². The summed E-state index contributed by atoms with van der Waals surface area (Å²) in [7, 11) is 0. The molecule has 9 rings (SSSR count). The number of fused-ring (bicyclic) bond motifs is 2. The van der Waals surface area contributed by atoms with Gasteiger partial charge in [-0.15, -0.1) is 0 Å². The van der Waals surface area contributed by atoms with Crippen molar-refractivity contribution in [2.24, 2.45) is 0 Å². The largest absolute Gasteiger partial charge is 0.456 e. The third kappa shape index (κ3) is 7.26. The summed E-state index contributed by atoms with van der Waals surface area (Å²) in [6.07, 6.45) is 6.23. The highest BCUT2D eigenvalue weighted by Gasteiger charge is 2.15. The fraction of sp³-hybridized carbons (Fsp3) is 0.0727. The van der Waals surface area contributed by atoms with Crippen LogP contribution in [0.4, 0.5) is 0 Å². The van der Waals surface area contributed by atoms with E-state index in [2.05, 4.69) is 172 Å². The van der Waals surface area contributed by atoms with Crippen LogP contribution in [-0.2, 0) is 12.8 Å². The lowest BCUT2D eigenvalue weighted by Gasteiger charge is -2.12. The maximum atomic E-state index is 14.1. The zero-order valence-electron chi connectivity index (χ0n) is 32.2. The fourth-order valence-corrected chi connectivity index (χ4v) is 8.06. The second kappa shape index (κ2) is 15.6. The van der Waals surface area contributed by atoms with Gasteiger partial charge in [-0.05, 0) is 123 Å². The molecule has 274 valence electrons. The van der Waals surface area contributed by atoms with Gasteiger partial charge in [-0.25, -0.2) is 0 Å². The first-order valence-electron chi connectivity index (χ1n) is 19.7. The second-order valence-electron chi connectivity index (χ2n) is 14.8. The van der Waals surface area contributed by atoms with Gasteiger partial charge in [0.25, 0.3) is 0 Å². The van der Waals surface area contributed by atoms with Crippen LogP contribution in [0.1, 0.15) is 33.4 Å². The lowest BCUT2D eigenvalue weighted by atomic mass is 9.92. The molecule has 0 atom stereocenters. The van der Waals surface area contributed by atoms with Crippen molar-refractivity contribution in [3.8, 4) is 44.5 Å². The number of hydrogen-bond acceptors (Lipinski definition) is 2. The molecule has 2 heteroatoms. The third-order valence-electron chi connectivity index (χ3n) is 11.2. The van der Waals surface area contributed by atoms with Crippen molar-refractivity contribution in [2.75, 3.05) is 0 Å². The van der Waals surface area contributed by atoms with Crippen LogP contribution in [0.25, 0.3) is 78.6 Å². The van der Waals surface area contributed by atoms with Gasteiger partial charge in [-0.3, -0.25) is 4.79 Å². The molecule has 1 heterocycles. The molecule has 8 aromatic carbocycles. The second-order valence-corrected chi connectivity index (χ2v) is 14.8. The Kier molecular flexibility index (Phi) is 9.76. The Morgan fingerprint density at radius 1 is 0.456 bits per heavy atom. The Labute approximate surface area is 334 Å². The Morgan fingerprint density at radius 2 is 1.05 bits per heavy atom. The van der Waals surface area contributed by atoms with E-state index in [0.717, 1.165) is 40.7 Å². The Morgan fingerprint density at radius 3 is 1.79 bits per heavy atom. The Hall–Kier alpha value is -7.03. The third-order valence-corrected chi connectivity index (χ3v) is 11.2. The van der Waals surface area contributed by atoms with E-state index < -0.39 is 0 Å². The van der Waals surface area contributed by atoms with Gasteiger partial charge >= 0.3 is 0 Å². The molecule has 0 aliphatic carbocycles. The standard InChI is InChI=1S/C55H42O2/c1-37-12-3-7-16-46(37)48-18-9-5-14-42(48)30-24-39-22-28-41(29-23-39)45-34-35-51-53(36-45)57-52-21-11-20-50(54(52)55(51)56)44-32-26-40(27-33-44)25-31-43-15-6-10-19-49(43)47-17-8-4-13-38(47)2/h3-23,25-29,31-36H,24,30H2,1-2H3/b31-25-. The Bertz CT molecular complexity index is 2980. The van der Waals surface area contributed by atoms with Gasteiger partial charge in [0.2, 0.25) is 5.43 Å². The molecule has 0 radical (unpaired) electrons. The average Bonchev–Trinajstić information content (AvgIpc) is 3.26. The van der Waals surface area contributed by atoms with Gasteiger partial charge in [-0.2, -0.15) is 0 Å². The van der Waals surface area contributed by atoms with Gasteiger partial charge in [0.1, 0.15) is 11.2 Å². The number of aryl methyl sites for hydroxylation is 4. The molecular formula is C55H42O2. The van der Waals surface area contributed by atoms with Crippen LogP contribution in [0, 0.1) is 13.8 Å². The molecule has 0 aliphatic rings. The van der Waals surface area contributed by atoms with Gasteiger partial charge in [-0.1, -0.05) is 176 Å². The molecule has 1 aromatic heterocycles. The molecule has 0 bridgehead atoms. The predicted octanol–water partition coefficient (Wildman–Crippen LogP) is 14.2. The topological polar surface area (TPSA) is 30.2 Å². The SMILES string of the molecule is Cc1ccccc1-c1ccccc1/C=C\c1ccc(-c2cccc3oc4cc(-c5ccc(CCc6ccccc6-c6ccccc6C)cc5)ccc4c(=O)c23)cc1. The molecule has 57 heavy (non-hydrogen) atoms. The fourth-order valence-electron chi connectivity index (χ4n) is 8.06. The van der Waals surface area contributed by atoms with Crippen molar-refractivity contribution in [1.82, 2.24) is 0 Å². The maximum Gasteiger partial charge on any atom is 0.201 e. The minimum Gasteiger partial charge on any atom is -0.456 e. The van der Waals surface area contributed by atoms with Crippen LogP contribution in [0.5, 0.6) is 0 Å². The van der Waals surface area contributed by atoms with E-state index >= 15 is 0 Å². The van der Waals surface area contributed by atoms with E-state index in [4.69, 9.17) is 4.42 Å². The molecule has 0 fully saturated rings. The van der Waals surface area contributed by atoms with Crippen LogP contribution in [0.3, 0.4) is 0 Å². The molecule has 0 saturated heterocycles. The summed E-state index contributed by atoms with van der Waals surface area (Å²) < 4.78 is 6.47. The first-order valence-corrected chi connectivity index (χ1v) is 19.7. The molecule has 0 spiro atoms. The molecule has 2 nitrogen and oxygen atoms in total. The lowest BCUT2D eigenvalue weighted by molar-refractivity contribution is 0.660. The van der Waals surface area contributed by atoms with E-state index in [-0.39, 0.29) is 5.43 Å². The van der Waals surface area contributed by atoms with Crippen molar-refractivity contribution in [3.63, 3.8) is 0 Å². The van der Waals surface area contributed by atoms with E-state index in [1.165, 1.54) is 50.1 Å². The van der Waals surface area contributed by atoms with Crippen molar-refractivity contribution in [2.45, 2.75) is 26.7 Å². The molecule has 0 N–H and O–H groups in total. The summed E-state index contributed by atoms with van der Waals surface area (Å²) in [6.45, 7) is 4.33. The maximum absolute atomic E-state index is 14.1. The van der Waals surface area contributed by atoms with E-state index in [1.807, 2.05) is 36.4 Å². The summed E-state index contributed by atoms with van der Waals surface area (Å²) in [5, 5.41) is 1.18. The Balaban J connectivity index is 0.945. The number of benzene rings is 8. The highest BCUT2D eigenvalue weighted by Crippen LogP contribution is 2.33. The predicted molar refractivity (Wildman–Crippen MR) is 240 cm³/mol. The minimum atomic E-state index is -0.0217. The molecule has 0 unspecified atom stereocenters. The first kappa shape index (κ1) is 35.7. The number of hydrogen-bond donors (Lipinski definition) is 0. The monoisotopic (exact) mass is 734 g/mol. The summed E-state index contributed by atoms with van der Waals surface area (Å²) in [6, 6.07) is 63.2. The first-order chi connectivity index (χ1) is 28.0. The van der Waals surface area contributed by atoms with Crippen molar-refractivity contribution >= 4 is 34.1 Å². The normalized spacial score (nSPS) is 11.5. The van der Waals surface area contributed by atoms with Crippen molar-refractivity contribution in [3.05, 3.63) is 226 Å². The zero-order valence-corrected chi connectivity index (χ0v) is 32.2. The van der Waals surface area contributed by atoms with Crippen LogP contribution < -0.4 is 5.43 Å².